The van der Waals surface area contributed by atoms with Crippen LogP contribution >= 0.6 is 11.8 Å². The molecule has 0 saturated heterocycles. The first-order valence-corrected chi connectivity index (χ1v) is 8.54. The van der Waals surface area contributed by atoms with Crippen molar-refractivity contribution in [3.63, 3.8) is 0 Å². The van der Waals surface area contributed by atoms with Gasteiger partial charge in [-0.15, -0.1) is 11.8 Å². The molecule has 0 bridgehead atoms. The van der Waals surface area contributed by atoms with E-state index < -0.39 is 0 Å². The molecule has 3 aromatic rings. The Morgan fingerprint density at radius 1 is 0.957 bits per heavy atom. The molecule has 0 radical (unpaired) electrons. The lowest BCUT2D eigenvalue weighted by Crippen LogP contribution is -1.96. The number of hydrogen-bond acceptors (Lipinski definition) is 4. The number of thioether (sulfide) groups is 1. The molecule has 0 fully saturated rings. The lowest BCUT2D eigenvalue weighted by atomic mass is 10.1. The van der Waals surface area contributed by atoms with Gasteiger partial charge in [-0.2, -0.15) is 0 Å². The first-order valence-electron chi connectivity index (χ1n) is 7.31. The quantitative estimate of drug-likeness (QED) is 0.648. The van der Waals surface area contributed by atoms with Crippen LogP contribution in [0.3, 0.4) is 0 Å². The minimum absolute atomic E-state index is 0.0541. The number of benzene rings is 1. The molecule has 0 aliphatic heterocycles. The van der Waals surface area contributed by atoms with Crippen molar-refractivity contribution in [2.75, 3.05) is 13.4 Å². The molecule has 0 unspecified atom stereocenters. The van der Waals surface area contributed by atoms with Gasteiger partial charge >= 0.3 is 0 Å². The van der Waals surface area contributed by atoms with E-state index in [4.69, 9.17) is 9.15 Å². The summed E-state index contributed by atoms with van der Waals surface area (Å²) >= 11 is 1.69. The van der Waals surface area contributed by atoms with Crippen molar-refractivity contribution in [1.82, 2.24) is 0 Å². The summed E-state index contributed by atoms with van der Waals surface area (Å²) in [5.74, 6) is 1.98. The molecule has 0 spiro atoms. The highest BCUT2D eigenvalue weighted by molar-refractivity contribution is 7.98. The first kappa shape index (κ1) is 15.7. The molecular weight excluding hydrogens is 308 g/mol. The fraction of sp³-hybridized carbons (Fsp3) is 0.211. The normalized spacial score (nSPS) is 11.0. The number of fused-ring (bicyclic) bond motifs is 1. The van der Waals surface area contributed by atoms with Crippen LogP contribution in [0, 0.1) is 13.8 Å². The molecule has 0 aliphatic rings. The maximum Gasteiger partial charge on any atom is 0.190 e. The van der Waals surface area contributed by atoms with E-state index in [0.29, 0.717) is 22.7 Å². The van der Waals surface area contributed by atoms with Crippen LogP contribution in [0.25, 0.3) is 21.9 Å². The van der Waals surface area contributed by atoms with Crippen molar-refractivity contribution in [2.24, 2.45) is 0 Å². The van der Waals surface area contributed by atoms with Gasteiger partial charge in [0.25, 0.3) is 0 Å². The van der Waals surface area contributed by atoms with Gasteiger partial charge < -0.3 is 9.15 Å². The molecule has 23 heavy (non-hydrogen) atoms. The van der Waals surface area contributed by atoms with Gasteiger partial charge in [-0.05, 0) is 55.5 Å². The summed E-state index contributed by atoms with van der Waals surface area (Å²) in [6.45, 7) is 3.66. The number of methoxy groups -OCH3 is 1. The summed E-state index contributed by atoms with van der Waals surface area (Å²) in [5.41, 5.74) is 1.78. The third kappa shape index (κ3) is 2.75. The zero-order chi connectivity index (χ0) is 16.6. The Bertz CT molecular complexity index is 924. The van der Waals surface area contributed by atoms with Crippen LogP contribution < -0.4 is 10.2 Å². The molecule has 4 heteroatoms. The monoisotopic (exact) mass is 326 g/mol. The lowest BCUT2D eigenvalue weighted by Gasteiger charge is -2.03. The largest absolute Gasteiger partial charge is 0.496 e. The van der Waals surface area contributed by atoms with Crippen molar-refractivity contribution in [3.8, 4) is 16.9 Å². The fourth-order valence-electron chi connectivity index (χ4n) is 2.86. The van der Waals surface area contributed by atoms with Gasteiger partial charge in [0.2, 0.25) is 0 Å². The van der Waals surface area contributed by atoms with Crippen LogP contribution in [0.2, 0.25) is 0 Å². The maximum atomic E-state index is 12.7. The highest BCUT2D eigenvalue weighted by Gasteiger charge is 2.15. The lowest BCUT2D eigenvalue weighted by molar-refractivity contribution is 0.419. The van der Waals surface area contributed by atoms with Crippen molar-refractivity contribution in [2.45, 2.75) is 18.7 Å². The highest BCUT2D eigenvalue weighted by Crippen LogP contribution is 2.33. The smallest absolute Gasteiger partial charge is 0.190 e. The van der Waals surface area contributed by atoms with E-state index >= 15 is 0 Å². The van der Waals surface area contributed by atoms with E-state index in [1.807, 2.05) is 38.3 Å². The van der Waals surface area contributed by atoms with Gasteiger partial charge in [0, 0.05) is 4.90 Å². The highest BCUT2D eigenvalue weighted by atomic mass is 32.2. The average Bonchev–Trinajstić information content (AvgIpc) is 2.76. The molecule has 2 aromatic carbocycles. The van der Waals surface area contributed by atoms with E-state index in [2.05, 4.69) is 12.1 Å². The minimum atomic E-state index is -0.0541. The molecule has 1 aromatic heterocycles. The first-order chi connectivity index (χ1) is 11.0. The predicted octanol–water partition coefficient (Wildman–Crippen LogP) is 4.81. The van der Waals surface area contributed by atoms with Gasteiger partial charge in [-0.25, -0.2) is 0 Å². The van der Waals surface area contributed by atoms with Crippen molar-refractivity contribution >= 4 is 22.5 Å². The predicted molar refractivity (Wildman–Crippen MR) is 95.7 cm³/mol. The number of hydrogen-bond donors (Lipinski definition) is 0. The zero-order valence-corrected chi connectivity index (χ0v) is 14.4. The van der Waals surface area contributed by atoms with E-state index in [-0.39, 0.29) is 5.43 Å². The second kappa shape index (κ2) is 6.13. The van der Waals surface area contributed by atoms with E-state index in [9.17, 15) is 4.79 Å². The van der Waals surface area contributed by atoms with Crippen molar-refractivity contribution in [1.29, 1.82) is 0 Å². The standard InChI is InChI=1S/C19H18O3S/c1-11-18-16(20)9-14(13-5-7-15(23-4)8-6-13)10-17(21-3)19(18)12(2)22-11/h5-10H,1-4H3. The maximum absolute atomic E-state index is 12.7. The zero-order valence-electron chi connectivity index (χ0n) is 13.6. The topological polar surface area (TPSA) is 39.4 Å². The number of rotatable bonds is 3. The van der Waals surface area contributed by atoms with Gasteiger partial charge in [0.05, 0.1) is 17.9 Å². The van der Waals surface area contributed by atoms with Gasteiger partial charge in [-0.1, -0.05) is 12.1 Å². The van der Waals surface area contributed by atoms with E-state index in [1.165, 1.54) is 4.90 Å². The van der Waals surface area contributed by atoms with Gasteiger partial charge in [0.15, 0.2) is 5.43 Å². The average molecular weight is 326 g/mol. The van der Waals surface area contributed by atoms with Gasteiger partial charge in [0.1, 0.15) is 17.3 Å². The molecule has 3 nitrogen and oxygen atoms in total. The van der Waals surface area contributed by atoms with Crippen LogP contribution in [-0.4, -0.2) is 13.4 Å². The Morgan fingerprint density at radius 2 is 1.61 bits per heavy atom. The van der Waals surface area contributed by atoms with E-state index in [1.54, 1.807) is 24.9 Å². The van der Waals surface area contributed by atoms with Crippen LogP contribution in [-0.2, 0) is 0 Å². The second-order valence-electron chi connectivity index (χ2n) is 5.37. The Hall–Kier alpha value is -2.20. The van der Waals surface area contributed by atoms with Crippen LogP contribution in [0.1, 0.15) is 11.5 Å². The third-order valence-electron chi connectivity index (χ3n) is 3.97. The number of furan rings is 1. The molecular formula is C19H18O3S. The van der Waals surface area contributed by atoms with Crippen LogP contribution in [0.5, 0.6) is 5.75 Å². The van der Waals surface area contributed by atoms with E-state index in [0.717, 1.165) is 16.5 Å². The van der Waals surface area contributed by atoms with Crippen molar-refractivity contribution < 1.29 is 9.15 Å². The SMILES string of the molecule is COc1cc(-c2ccc(SC)cc2)cc(=O)c2c(C)oc(C)c12. The molecule has 0 amide bonds. The Balaban J connectivity index is 2.33. The summed E-state index contributed by atoms with van der Waals surface area (Å²) in [6, 6.07) is 11.7. The number of ether oxygens (including phenoxy) is 1. The summed E-state index contributed by atoms with van der Waals surface area (Å²) < 4.78 is 11.2. The molecule has 0 aliphatic carbocycles. The Morgan fingerprint density at radius 3 is 2.22 bits per heavy atom. The van der Waals surface area contributed by atoms with Crippen molar-refractivity contribution in [3.05, 3.63) is 58.1 Å². The molecule has 0 saturated carbocycles. The second-order valence-corrected chi connectivity index (χ2v) is 6.25. The summed E-state index contributed by atoms with van der Waals surface area (Å²) in [4.78, 5) is 13.9. The Kier molecular flexibility index (Phi) is 4.18. The third-order valence-corrected chi connectivity index (χ3v) is 4.71. The fourth-order valence-corrected chi connectivity index (χ4v) is 3.26. The van der Waals surface area contributed by atoms with Gasteiger partial charge in [-0.3, -0.25) is 4.79 Å². The minimum Gasteiger partial charge on any atom is -0.496 e. The molecule has 0 N–H and O–H groups in total. The molecule has 1 heterocycles. The molecule has 3 rings (SSSR count). The molecule has 0 atom stereocenters. The Labute approximate surface area is 139 Å². The van der Waals surface area contributed by atoms with Crippen LogP contribution in [0.15, 0.2) is 50.5 Å². The van der Waals surface area contributed by atoms with Crippen LogP contribution in [0.4, 0.5) is 0 Å². The summed E-state index contributed by atoms with van der Waals surface area (Å²) in [6.07, 6.45) is 2.04. The summed E-state index contributed by atoms with van der Waals surface area (Å²) in [7, 11) is 1.61. The molecule has 118 valence electrons. The number of aryl methyl sites for hydroxylation is 2. The summed E-state index contributed by atoms with van der Waals surface area (Å²) in [5, 5.41) is 1.34.